The van der Waals surface area contributed by atoms with Crippen LogP contribution < -0.4 is 5.73 Å². The first-order valence-corrected chi connectivity index (χ1v) is 4.37. The zero-order chi connectivity index (χ0) is 9.56. The molecule has 0 unspecified atom stereocenters. The molecule has 0 aromatic heterocycles. The van der Waals surface area contributed by atoms with Gasteiger partial charge in [0.2, 0.25) is 0 Å². The number of carboxylic acid groups (broad SMARTS) is 1. The van der Waals surface area contributed by atoms with E-state index >= 15 is 0 Å². The maximum atomic E-state index is 10.5. The van der Waals surface area contributed by atoms with Crippen molar-refractivity contribution in [2.24, 2.45) is 5.73 Å². The maximum absolute atomic E-state index is 10.5. The standard InChI is InChI=1S/C6H13N3O2S/c1-2-3-4-9(6(10)11)12-5(7)8/h2-4H2,1H3,(H3,7,8)(H,10,11). The quantitative estimate of drug-likeness (QED) is 0.356. The van der Waals surface area contributed by atoms with Crippen LogP contribution in [0.15, 0.2) is 0 Å². The molecule has 1 amide bonds. The number of nitrogens with zero attached hydrogens (tertiary/aromatic N) is 1. The van der Waals surface area contributed by atoms with Crippen molar-refractivity contribution in [1.29, 1.82) is 5.41 Å². The molecule has 4 N–H and O–H groups in total. The number of nitrogens with two attached hydrogens (primary N) is 1. The number of hydrogen-bond acceptors (Lipinski definition) is 3. The van der Waals surface area contributed by atoms with Crippen molar-refractivity contribution in [3.8, 4) is 0 Å². The number of hydrogen-bond donors (Lipinski definition) is 3. The van der Waals surface area contributed by atoms with Gasteiger partial charge in [-0.1, -0.05) is 13.3 Å². The molecule has 0 aliphatic carbocycles. The van der Waals surface area contributed by atoms with Gasteiger partial charge in [-0.3, -0.25) is 5.41 Å². The minimum absolute atomic E-state index is 0.200. The van der Waals surface area contributed by atoms with Gasteiger partial charge in [0.25, 0.3) is 0 Å². The van der Waals surface area contributed by atoms with Gasteiger partial charge in [0.15, 0.2) is 5.17 Å². The highest BCUT2D eigenvalue weighted by Crippen LogP contribution is 2.10. The van der Waals surface area contributed by atoms with Gasteiger partial charge < -0.3 is 10.8 Å². The van der Waals surface area contributed by atoms with Crippen LogP contribution in [0, 0.1) is 5.41 Å². The molecule has 0 aromatic carbocycles. The lowest BCUT2D eigenvalue weighted by molar-refractivity contribution is 0.175. The number of unbranched alkanes of at least 4 members (excludes halogenated alkanes) is 1. The fraction of sp³-hybridized carbons (Fsp3) is 0.667. The number of amidine groups is 1. The normalized spacial score (nSPS) is 9.42. The molecule has 0 aromatic rings. The molecule has 0 saturated carbocycles. The molecule has 0 radical (unpaired) electrons. The molecule has 0 fully saturated rings. The van der Waals surface area contributed by atoms with E-state index in [9.17, 15) is 4.79 Å². The van der Waals surface area contributed by atoms with E-state index in [1.807, 2.05) is 6.92 Å². The van der Waals surface area contributed by atoms with E-state index in [0.717, 1.165) is 29.1 Å². The van der Waals surface area contributed by atoms with Crippen LogP contribution in [-0.4, -0.2) is 27.2 Å². The van der Waals surface area contributed by atoms with Crippen LogP contribution in [0.3, 0.4) is 0 Å². The summed E-state index contributed by atoms with van der Waals surface area (Å²) in [5, 5.41) is 15.3. The van der Waals surface area contributed by atoms with E-state index in [0.29, 0.717) is 6.54 Å². The highest BCUT2D eigenvalue weighted by molar-refractivity contribution is 8.12. The Morgan fingerprint density at radius 2 is 2.33 bits per heavy atom. The first-order chi connectivity index (χ1) is 5.57. The van der Waals surface area contributed by atoms with E-state index in [-0.39, 0.29) is 5.17 Å². The number of amides is 1. The van der Waals surface area contributed by atoms with Gasteiger partial charge in [-0.25, -0.2) is 9.10 Å². The molecule has 0 atom stereocenters. The molecule has 6 heteroatoms. The number of carbonyl (C=O) groups is 1. The molecule has 0 aliphatic rings. The summed E-state index contributed by atoms with van der Waals surface area (Å²) in [5.41, 5.74) is 5.04. The van der Waals surface area contributed by atoms with Crippen LogP contribution in [0.2, 0.25) is 0 Å². The Morgan fingerprint density at radius 1 is 1.75 bits per heavy atom. The van der Waals surface area contributed by atoms with Gasteiger partial charge in [-0.15, -0.1) is 0 Å². The smallest absolute Gasteiger partial charge is 0.417 e. The Hall–Kier alpha value is -0.910. The summed E-state index contributed by atoms with van der Waals surface area (Å²) in [7, 11) is 0. The van der Waals surface area contributed by atoms with E-state index in [2.05, 4.69) is 0 Å². The minimum atomic E-state index is -1.05. The average Bonchev–Trinajstić information content (AvgIpc) is 1.96. The van der Waals surface area contributed by atoms with Gasteiger partial charge in [0.05, 0.1) is 0 Å². The molecular formula is C6H13N3O2S. The molecule has 0 bridgehead atoms. The molecule has 0 heterocycles. The molecule has 0 spiro atoms. The third-order valence-corrected chi connectivity index (χ3v) is 1.89. The zero-order valence-corrected chi connectivity index (χ0v) is 7.73. The van der Waals surface area contributed by atoms with Crippen LogP contribution in [0.4, 0.5) is 4.79 Å². The lowest BCUT2D eigenvalue weighted by atomic mass is 10.3. The van der Waals surface area contributed by atoms with Gasteiger partial charge in [0, 0.05) is 18.5 Å². The Labute approximate surface area is 75.6 Å². The fourth-order valence-electron chi connectivity index (χ4n) is 0.601. The van der Waals surface area contributed by atoms with Crippen molar-refractivity contribution in [2.45, 2.75) is 19.8 Å². The highest BCUT2D eigenvalue weighted by Gasteiger charge is 2.12. The predicted octanol–water partition coefficient (Wildman–Crippen LogP) is 1.31. The molecular weight excluding hydrogens is 178 g/mol. The van der Waals surface area contributed by atoms with E-state index in [4.69, 9.17) is 16.2 Å². The molecule has 12 heavy (non-hydrogen) atoms. The average molecular weight is 191 g/mol. The van der Waals surface area contributed by atoms with Crippen LogP contribution in [0.5, 0.6) is 0 Å². The van der Waals surface area contributed by atoms with Crippen LogP contribution >= 0.6 is 11.9 Å². The van der Waals surface area contributed by atoms with E-state index in [1.54, 1.807) is 0 Å². The summed E-state index contributed by atoms with van der Waals surface area (Å²) in [6.45, 7) is 2.38. The summed E-state index contributed by atoms with van der Waals surface area (Å²) in [6.07, 6.45) is 0.651. The summed E-state index contributed by atoms with van der Waals surface area (Å²) < 4.78 is 1.06. The van der Waals surface area contributed by atoms with Gasteiger partial charge in [0.1, 0.15) is 0 Å². The van der Waals surface area contributed by atoms with Crippen molar-refractivity contribution < 1.29 is 9.90 Å². The molecule has 5 nitrogen and oxygen atoms in total. The third-order valence-electron chi connectivity index (χ3n) is 1.14. The Morgan fingerprint density at radius 3 is 2.67 bits per heavy atom. The second kappa shape index (κ2) is 5.70. The Bertz CT molecular complexity index is 174. The summed E-state index contributed by atoms with van der Waals surface area (Å²) in [4.78, 5) is 10.5. The SMILES string of the molecule is CCCCN(SC(=N)N)C(=O)O. The monoisotopic (exact) mass is 191 g/mol. The largest absolute Gasteiger partial charge is 0.464 e. The van der Waals surface area contributed by atoms with E-state index < -0.39 is 6.09 Å². The van der Waals surface area contributed by atoms with Crippen LogP contribution in [0.1, 0.15) is 19.8 Å². The van der Waals surface area contributed by atoms with Gasteiger partial charge in [-0.2, -0.15) is 0 Å². The zero-order valence-electron chi connectivity index (χ0n) is 6.91. The fourth-order valence-corrected chi connectivity index (χ4v) is 1.14. The lowest BCUT2D eigenvalue weighted by Gasteiger charge is -2.15. The maximum Gasteiger partial charge on any atom is 0.417 e. The molecule has 0 aliphatic heterocycles. The second-order valence-electron chi connectivity index (χ2n) is 2.19. The molecule has 70 valence electrons. The topological polar surface area (TPSA) is 90.4 Å². The van der Waals surface area contributed by atoms with Crippen LogP contribution in [-0.2, 0) is 0 Å². The summed E-state index contributed by atoms with van der Waals surface area (Å²) in [6, 6.07) is 0. The van der Waals surface area contributed by atoms with Crippen molar-refractivity contribution >= 4 is 23.2 Å². The number of rotatable bonds is 3. The Kier molecular flexibility index (Phi) is 5.27. The first kappa shape index (κ1) is 11.1. The summed E-state index contributed by atoms with van der Waals surface area (Å²) >= 11 is 0.742. The predicted molar refractivity (Wildman–Crippen MR) is 49.1 cm³/mol. The Balaban J connectivity index is 3.87. The molecule has 0 rings (SSSR count). The molecule has 0 saturated heterocycles. The first-order valence-electron chi connectivity index (χ1n) is 3.60. The minimum Gasteiger partial charge on any atom is -0.464 e. The van der Waals surface area contributed by atoms with E-state index in [1.165, 1.54) is 0 Å². The van der Waals surface area contributed by atoms with Gasteiger partial charge in [-0.05, 0) is 6.42 Å². The second-order valence-corrected chi connectivity index (χ2v) is 3.26. The lowest BCUT2D eigenvalue weighted by Crippen LogP contribution is -2.27. The highest BCUT2D eigenvalue weighted by atomic mass is 32.2. The summed E-state index contributed by atoms with van der Waals surface area (Å²) in [5.74, 6) is 0. The third kappa shape index (κ3) is 4.84. The van der Waals surface area contributed by atoms with Crippen molar-refractivity contribution in [3.63, 3.8) is 0 Å². The van der Waals surface area contributed by atoms with Crippen molar-refractivity contribution in [1.82, 2.24) is 4.31 Å². The number of nitrogens with one attached hydrogen (secondary N) is 1. The van der Waals surface area contributed by atoms with Crippen LogP contribution in [0.25, 0.3) is 0 Å². The van der Waals surface area contributed by atoms with Crippen molar-refractivity contribution in [2.75, 3.05) is 6.54 Å². The van der Waals surface area contributed by atoms with Crippen molar-refractivity contribution in [3.05, 3.63) is 0 Å². The van der Waals surface area contributed by atoms with Gasteiger partial charge >= 0.3 is 6.09 Å².